The topological polar surface area (TPSA) is 82.6 Å². The maximum atomic E-state index is 11.6. The van der Waals surface area contributed by atoms with Crippen LogP contribution < -0.4 is 10.3 Å². The number of aromatic amines is 1. The summed E-state index contributed by atoms with van der Waals surface area (Å²) >= 11 is 0. The molecule has 0 aliphatic carbocycles. The van der Waals surface area contributed by atoms with Gasteiger partial charge in [0.2, 0.25) is 5.88 Å². The summed E-state index contributed by atoms with van der Waals surface area (Å²) in [4.78, 5) is 12.3. The Labute approximate surface area is 74.4 Å². The zero-order valence-corrected chi connectivity index (χ0v) is 6.42. The van der Waals surface area contributed by atoms with Crippen LogP contribution >= 0.6 is 0 Å². The maximum Gasteiger partial charge on any atom is 0.573 e. The molecule has 0 aromatic carbocycles. The second kappa shape index (κ2) is 3.13. The monoisotopic (exact) mass is 211 g/mol. The van der Waals surface area contributed by atoms with Crippen LogP contribution in [0.2, 0.25) is 0 Å². The van der Waals surface area contributed by atoms with Crippen molar-refractivity contribution in [3.63, 3.8) is 0 Å². The molecule has 0 radical (unpaired) electrons. The lowest BCUT2D eigenvalue weighted by atomic mass is 10.4. The van der Waals surface area contributed by atoms with Gasteiger partial charge in [-0.1, -0.05) is 0 Å². The first-order chi connectivity index (χ1) is 6.29. The summed E-state index contributed by atoms with van der Waals surface area (Å²) in [6.07, 6.45) is -5.03. The Kier molecular flexibility index (Phi) is 2.28. The number of ether oxygens (including phenoxy) is 1. The highest BCUT2D eigenvalue weighted by atomic mass is 19.4. The van der Waals surface area contributed by atoms with Gasteiger partial charge in [-0.05, 0) is 0 Å². The van der Waals surface area contributed by atoms with Crippen LogP contribution in [-0.4, -0.2) is 21.6 Å². The molecule has 0 aliphatic rings. The van der Waals surface area contributed by atoms with Crippen LogP contribution in [0.1, 0.15) is 0 Å². The van der Waals surface area contributed by atoms with Gasteiger partial charge in [0.15, 0.2) is 11.5 Å². The Morgan fingerprint density at radius 1 is 1.36 bits per heavy atom. The third-order valence-electron chi connectivity index (χ3n) is 1.19. The van der Waals surface area contributed by atoms with Crippen molar-refractivity contribution in [2.24, 2.45) is 0 Å². The number of hydrogen-bond acceptors (Lipinski definition) is 4. The largest absolute Gasteiger partial charge is 0.573 e. The van der Waals surface area contributed by atoms with E-state index in [4.69, 9.17) is 10.2 Å². The second-order valence-electron chi connectivity index (χ2n) is 2.24. The lowest BCUT2D eigenvalue weighted by Gasteiger charge is -2.07. The number of nitrogens with one attached hydrogen (secondary N) is 1. The van der Waals surface area contributed by atoms with Gasteiger partial charge in [0, 0.05) is 6.07 Å². The van der Waals surface area contributed by atoms with Gasteiger partial charge >= 0.3 is 6.36 Å². The summed E-state index contributed by atoms with van der Waals surface area (Å²) < 4.78 is 38.2. The Morgan fingerprint density at radius 3 is 2.43 bits per heavy atom. The molecule has 1 rings (SSSR count). The molecular formula is C6H4F3NO4. The molecule has 3 N–H and O–H groups in total. The molecule has 0 saturated carbocycles. The molecule has 14 heavy (non-hydrogen) atoms. The fourth-order valence-corrected chi connectivity index (χ4v) is 0.692. The average molecular weight is 211 g/mol. The summed E-state index contributed by atoms with van der Waals surface area (Å²) in [7, 11) is 0. The molecule has 0 fully saturated rings. The molecule has 0 saturated heterocycles. The van der Waals surface area contributed by atoms with E-state index in [-0.39, 0.29) is 0 Å². The van der Waals surface area contributed by atoms with Crippen molar-refractivity contribution in [1.82, 2.24) is 4.98 Å². The van der Waals surface area contributed by atoms with E-state index in [0.29, 0.717) is 6.07 Å². The second-order valence-corrected chi connectivity index (χ2v) is 2.24. The van der Waals surface area contributed by atoms with Crippen molar-refractivity contribution < 1.29 is 28.1 Å². The van der Waals surface area contributed by atoms with E-state index in [9.17, 15) is 18.0 Å². The number of H-pyrrole nitrogens is 1. The van der Waals surface area contributed by atoms with Crippen molar-refractivity contribution in [3.05, 3.63) is 16.4 Å². The highest BCUT2D eigenvalue weighted by molar-refractivity contribution is 5.36. The maximum absolute atomic E-state index is 11.6. The van der Waals surface area contributed by atoms with E-state index in [2.05, 4.69) is 4.74 Å². The van der Waals surface area contributed by atoms with E-state index in [1.807, 2.05) is 0 Å². The van der Waals surface area contributed by atoms with Gasteiger partial charge in [0.05, 0.1) is 0 Å². The Hall–Kier alpha value is -1.86. The Morgan fingerprint density at radius 2 is 1.93 bits per heavy atom. The number of halogens is 3. The third-order valence-corrected chi connectivity index (χ3v) is 1.19. The first-order valence-corrected chi connectivity index (χ1v) is 3.20. The molecule has 78 valence electrons. The summed E-state index contributed by atoms with van der Waals surface area (Å²) in [5, 5.41) is 17.4. The van der Waals surface area contributed by atoms with Gasteiger partial charge in [-0.3, -0.25) is 9.78 Å². The van der Waals surface area contributed by atoms with Crippen LogP contribution in [0, 0.1) is 0 Å². The number of aromatic hydroxyl groups is 2. The van der Waals surface area contributed by atoms with E-state index >= 15 is 0 Å². The zero-order chi connectivity index (χ0) is 10.9. The minimum Gasteiger partial charge on any atom is -0.503 e. The van der Waals surface area contributed by atoms with Crippen molar-refractivity contribution >= 4 is 0 Å². The molecule has 0 aliphatic heterocycles. The predicted octanol–water partition coefficient (Wildman–Crippen LogP) is 0.685. The number of hydrogen-bond donors (Lipinski definition) is 3. The predicted molar refractivity (Wildman–Crippen MR) is 37.1 cm³/mol. The molecule has 0 amide bonds. The van der Waals surface area contributed by atoms with E-state index in [0.717, 1.165) is 0 Å². The first-order valence-electron chi connectivity index (χ1n) is 3.20. The number of rotatable bonds is 1. The van der Waals surface area contributed by atoms with Gasteiger partial charge in [0.25, 0.3) is 5.56 Å². The van der Waals surface area contributed by atoms with Crippen molar-refractivity contribution in [2.75, 3.05) is 0 Å². The molecule has 8 heteroatoms. The van der Waals surface area contributed by atoms with Crippen LogP contribution in [0.4, 0.5) is 13.2 Å². The van der Waals surface area contributed by atoms with Crippen LogP contribution in [0.3, 0.4) is 0 Å². The minimum absolute atomic E-state index is 0.363. The van der Waals surface area contributed by atoms with E-state index in [1.54, 1.807) is 4.98 Å². The number of pyridine rings is 1. The van der Waals surface area contributed by atoms with Crippen molar-refractivity contribution in [1.29, 1.82) is 0 Å². The quantitative estimate of drug-likeness (QED) is 0.638. The van der Waals surface area contributed by atoms with Gasteiger partial charge in [-0.2, -0.15) is 0 Å². The highest BCUT2D eigenvalue weighted by Crippen LogP contribution is 2.26. The lowest BCUT2D eigenvalue weighted by molar-refractivity contribution is -0.275. The molecule has 0 unspecified atom stereocenters. The minimum atomic E-state index is -5.03. The molecule has 0 bridgehead atoms. The Bertz CT molecular complexity index is 397. The smallest absolute Gasteiger partial charge is 0.503 e. The molecule has 1 aromatic rings. The van der Waals surface area contributed by atoms with Gasteiger partial charge in [-0.15, -0.1) is 13.2 Å². The van der Waals surface area contributed by atoms with Crippen molar-refractivity contribution in [3.8, 4) is 17.4 Å². The number of aromatic nitrogens is 1. The van der Waals surface area contributed by atoms with Gasteiger partial charge in [0.1, 0.15) is 0 Å². The SMILES string of the molecule is O=c1[nH]c(O)c(O)cc1OC(F)(F)F. The zero-order valence-electron chi connectivity index (χ0n) is 6.42. The molecular weight excluding hydrogens is 207 g/mol. The van der Waals surface area contributed by atoms with Crippen LogP contribution in [0.15, 0.2) is 10.9 Å². The summed E-state index contributed by atoms with van der Waals surface area (Å²) in [5.41, 5.74) is -1.29. The highest BCUT2D eigenvalue weighted by Gasteiger charge is 2.32. The summed E-state index contributed by atoms with van der Waals surface area (Å²) in [6.45, 7) is 0. The van der Waals surface area contributed by atoms with Crippen LogP contribution in [-0.2, 0) is 0 Å². The summed E-state index contributed by atoms with van der Waals surface area (Å²) in [5.74, 6) is -2.99. The van der Waals surface area contributed by atoms with Gasteiger partial charge < -0.3 is 14.9 Å². The Balaban J connectivity index is 3.11. The molecule has 5 nitrogen and oxygen atoms in total. The van der Waals surface area contributed by atoms with Crippen molar-refractivity contribution in [2.45, 2.75) is 6.36 Å². The van der Waals surface area contributed by atoms with Crippen LogP contribution in [0.25, 0.3) is 0 Å². The third kappa shape index (κ3) is 2.31. The van der Waals surface area contributed by atoms with Crippen LogP contribution in [0.5, 0.6) is 17.4 Å². The summed E-state index contributed by atoms with van der Waals surface area (Å²) in [6, 6.07) is 0.363. The van der Waals surface area contributed by atoms with Gasteiger partial charge in [-0.25, -0.2) is 0 Å². The fraction of sp³-hybridized carbons (Fsp3) is 0.167. The van der Waals surface area contributed by atoms with E-state index < -0.39 is 29.3 Å². The molecule has 1 aromatic heterocycles. The number of alkyl halides is 3. The molecule has 1 heterocycles. The lowest BCUT2D eigenvalue weighted by Crippen LogP contribution is -2.22. The van der Waals surface area contributed by atoms with E-state index in [1.165, 1.54) is 0 Å². The average Bonchev–Trinajstić information content (AvgIpc) is 1.97. The standard InChI is InChI=1S/C6H4F3NO4/c7-6(8,9)14-3-1-2(11)4(12)10-5(3)13/h1,11H,(H2,10,12,13). The molecule has 0 spiro atoms. The normalized spacial score (nSPS) is 11.4. The first kappa shape index (κ1) is 10.2. The molecule has 0 atom stereocenters. The fourth-order valence-electron chi connectivity index (χ4n) is 0.692.